The summed E-state index contributed by atoms with van der Waals surface area (Å²) in [5, 5.41) is 11.1. The van der Waals surface area contributed by atoms with Crippen LogP contribution in [0.3, 0.4) is 0 Å². The van der Waals surface area contributed by atoms with E-state index in [1.165, 1.54) is 16.0 Å². The van der Waals surface area contributed by atoms with Gasteiger partial charge in [-0.2, -0.15) is 0 Å². The fourth-order valence-electron chi connectivity index (χ4n) is 5.34. The number of hydrogen-bond acceptors (Lipinski definition) is 10. The summed E-state index contributed by atoms with van der Waals surface area (Å²) in [5.41, 5.74) is 2.77. The number of ether oxygens (including phenoxy) is 4. The van der Waals surface area contributed by atoms with E-state index in [0.29, 0.717) is 31.9 Å². The third-order valence-corrected chi connectivity index (χ3v) is 20.5. The van der Waals surface area contributed by atoms with Crippen molar-refractivity contribution in [2.75, 3.05) is 34.4 Å². The van der Waals surface area contributed by atoms with Crippen molar-refractivity contribution in [3.05, 3.63) is 89.5 Å². The molecule has 3 aromatic carbocycles. The second-order valence-corrected chi connectivity index (χ2v) is 30.7. The highest BCUT2D eigenvalue weighted by molar-refractivity contribution is 9.08. The van der Waals surface area contributed by atoms with E-state index in [1.54, 1.807) is 47.1 Å². The molecule has 12 nitrogen and oxygen atoms in total. The predicted octanol–water partition coefficient (Wildman–Crippen LogP) is 13.3. The third-order valence-electron chi connectivity index (χ3n) is 11.2. The Bertz CT molecular complexity index is 1850. The van der Waals surface area contributed by atoms with Gasteiger partial charge in [-0.25, -0.2) is 9.59 Å². The van der Waals surface area contributed by atoms with Crippen LogP contribution in [0.5, 0.6) is 17.2 Å². The summed E-state index contributed by atoms with van der Waals surface area (Å²) < 4.78 is 33.2. The first-order valence-corrected chi connectivity index (χ1v) is 30.0. The molecule has 0 radical (unpaired) electrons. The van der Waals surface area contributed by atoms with E-state index in [0.717, 1.165) is 29.5 Å². The Morgan fingerprint density at radius 1 is 0.672 bits per heavy atom. The van der Waals surface area contributed by atoms with Crippen molar-refractivity contribution in [2.24, 2.45) is 5.92 Å². The van der Waals surface area contributed by atoms with Crippen LogP contribution in [0.2, 0.25) is 36.3 Å². The number of Topliss-reactive ketones (excluding diaryl/α,β-unsaturated/α-hetero) is 1. The van der Waals surface area contributed by atoms with Crippen molar-refractivity contribution in [1.82, 2.24) is 10.2 Å². The molecular weight excluding hydrogens is 949 g/mol. The maximum atomic E-state index is 12.8. The van der Waals surface area contributed by atoms with Gasteiger partial charge in [-0.1, -0.05) is 108 Å². The van der Waals surface area contributed by atoms with Gasteiger partial charge in [0.25, 0.3) is 0 Å². The van der Waals surface area contributed by atoms with Gasteiger partial charge in [0, 0.05) is 46.2 Å². The highest BCUT2D eigenvalue weighted by Crippen LogP contribution is 2.38. The fraction of sp³-hybridized carbons (Fsp3) is 0.596. The molecule has 0 aromatic heterocycles. The zero-order valence-electron chi connectivity index (χ0n) is 44.5. The second kappa shape index (κ2) is 30.0. The largest absolute Gasteiger partial charge is 0.544 e. The number of amides is 2. The number of carbonyl (C=O) groups is 3. The number of benzene rings is 3. The lowest BCUT2D eigenvalue weighted by atomic mass is 9.98. The SMILES string of the molecule is CC(C)(C)[Si](C)(C)Oc1ccc(CBr)cc1.CCN(CCC(=O)[C@@H](CC(C)C)NC(=O)OC(C)(C)C)C(=O)Oc1ccc(COC)cc1.CO.COCc1ccc(O[Si](C)(C)C(C)(C)C)cc1. The molecule has 0 aliphatic rings. The van der Waals surface area contributed by atoms with E-state index in [4.69, 9.17) is 32.9 Å². The van der Waals surface area contributed by atoms with E-state index < -0.39 is 40.5 Å². The summed E-state index contributed by atoms with van der Waals surface area (Å²) >= 11 is 3.44. The van der Waals surface area contributed by atoms with Gasteiger partial charge < -0.3 is 43.1 Å². The number of carbonyl (C=O) groups excluding carboxylic acids is 3. The number of hydrogen-bond donors (Lipinski definition) is 2. The number of rotatable bonds is 18. The Morgan fingerprint density at radius 2 is 1.06 bits per heavy atom. The van der Waals surface area contributed by atoms with Crippen molar-refractivity contribution in [2.45, 2.75) is 162 Å². The van der Waals surface area contributed by atoms with Crippen LogP contribution in [0.25, 0.3) is 0 Å². The van der Waals surface area contributed by atoms with E-state index in [-0.39, 0.29) is 34.7 Å². The first kappa shape index (κ1) is 63.3. The lowest BCUT2D eigenvalue weighted by Crippen LogP contribution is -2.45. The number of nitrogens with zero attached hydrogens (tertiary/aromatic N) is 1. The molecule has 2 amide bonds. The van der Waals surface area contributed by atoms with Gasteiger partial charge in [-0.15, -0.1) is 0 Å². The van der Waals surface area contributed by atoms with Crippen LogP contribution in [-0.4, -0.2) is 90.7 Å². The molecule has 380 valence electrons. The van der Waals surface area contributed by atoms with Crippen molar-refractivity contribution in [3.63, 3.8) is 0 Å². The fourth-order valence-corrected chi connectivity index (χ4v) is 7.78. The Kier molecular flexibility index (Phi) is 28.3. The van der Waals surface area contributed by atoms with E-state index in [9.17, 15) is 14.4 Å². The molecule has 0 aliphatic heterocycles. The minimum Gasteiger partial charge on any atom is -0.544 e. The highest BCUT2D eigenvalue weighted by Gasteiger charge is 2.40. The van der Waals surface area contributed by atoms with E-state index in [2.05, 4.69) is 125 Å². The summed E-state index contributed by atoms with van der Waals surface area (Å²) in [6.07, 6.45) is -0.564. The van der Waals surface area contributed by atoms with Crippen LogP contribution in [0.4, 0.5) is 9.59 Å². The number of ketones is 1. The molecule has 0 spiro atoms. The van der Waals surface area contributed by atoms with Gasteiger partial charge in [0.05, 0.1) is 19.3 Å². The number of aliphatic hydroxyl groups excluding tert-OH is 1. The Labute approximate surface area is 415 Å². The van der Waals surface area contributed by atoms with Crippen LogP contribution in [0.1, 0.15) is 113 Å². The molecule has 3 rings (SSSR count). The van der Waals surface area contributed by atoms with Gasteiger partial charge in [0.1, 0.15) is 22.8 Å². The molecule has 3 aromatic rings. The van der Waals surface area contributed by atoms with Crippen LogP contribution in [-0.2, 0) is 37.5 Å². The average Bonchev–Trinajstić information content (AvgIpc) is 3.22. The molecule has 15 heteroatoms. The van der Waals surface area contributed by atoms with Gasteiger partial charge in [-0.05, 0) is 129 Å². The lowest BCUT2D eigenvalue weighted by molar-refractivity contribution is -0.121. The van der Waals surface area contributed by atoms with Crippen molar-refractivity contribution < 1.29 is 47.3 Å². The zero-order chi connectivity index (χ0) is 51.8. The van der Waals surface area contributed by atoms with Crippen LogP contribution in [0.15, 0.2) is 72.8 Å². The van der Waals surface area contributed by atoms with Crippen molar-refractivity contribution in [3.8, 4) is 17.2 Å². The third kappa shape index (κ3) is 25.4. The number of aliphatic hydroxyl groups is 1. The molecule has 0 saturated carbocycles. The molecule has 67 heavy (non-hydrogen) atoms. The summed E-state index contributed by atoms with van der Waals surface area (Å²) in [5.74, 6) is 2.43. The molecule has 0 unspecified atom stereocenters. The first-order valence-electron chi connectivity index (χ1n) is 23.1. The average molecular weight is 1040 g/mol. The molecule has 0 fully saturated rings. The van der Waals surface area contributed by atoms with Crippen LogP contribution >= 0.6 is 15.9 Å². The zero-order valence-corrected chi connectivity index (χ0v) is 48.1. The van der Waals surface area contributed by atoms with E-state index >= 15 is 0 Å². The normalized spacial score (nSPS) is 12.1. The number of alkyl carbamates (subject to hydrolysis) is 1. The Hall–Kier alpha value is -3.74. The van der Waals surface area contributed by atoms with Crippen molar-refractivity contribution in [1.29, 1.82) is 0 Å². The maximum Gasteiger partial charge on any atom is 0.415 e. The molecule has 2 N–H and O–H groups in total. The topological polar surface area (TPSA) is 142 Å². The summed E-state index contributed by atoms with van der Waals surface area (Å²) in [6, 6.07) is 22.9. The lowest BCUT2D eigenvalue weighted by Gasteiger charge is -2.36. The predicted molar refractivity (Wildman–Crippen MR) is 283 cm³/mol. The number of methoxy groups -OCH3 is 2. The van der Waals surface area contributed by atoms with Gasteiger partial charge >= 0.3 is 12.2 Å². The minimum absolute atomic E-state index is 0.100. The van der Waals surface area contributed by atoms with Gasteiger partial charge in [0.2, 0.25) is 16.6 Å². The molecule has 0 aliphatic carbocycles. The van der Waals surface area contributed by atoms with Crippen LogP contribution < -0.4 is 18.9 Å². The van der Waals surface area contributed by atoms with Crippen LogP contribution in [0, 0.1) is 5.92 Å². The van der Waals surface area contributed by atoms with E-state index in [1.807, 2.05) is 45.0 Å². The summed E-state index contributed by atoms with van der Waals surface area (Å²) in [4.78, 5) is 39.0. The second-order valence-electron chi connectivity index (χ2n) is 20.6. The molecule has 0 bridgehead atoms. The Morgan fingerprint density at radius 3 is 1.39 bits per heavy atom. The number of nitrogens with one attached hydrogen (secondary N) is 1. The number of halogens is 1. The quantitative estimate of drug-likeness (QED) is 0.0934. The summed E-state index contributed by atoms with van der Waals surface area (Å²) in [6.45, 7) is 35.4. The summed E-state index contributed by atoms with van der Waals surface area (Å²) in [7, 11) is 0.925. The monoisotopic (exact) mass is 1030 g/mol. The maximum absolute atomic E-state index is 12.8. The highest BCUT2D eigenvalue weighted by atomic mass is 79.9. The molecule has 0 saturated heterocycles. The molecule has 0 heterocycles. The minimum atomic E-state index is -1.71. The van der Waals surface area contributed by atoms with Gasteiger partial charge in [-0.3, -0.25) is 4.79 Å². The standard InChI is InChI=1S/C24H38N2O6.C14H24O2Si.C13H21BrOSi.CH4O/c1-8-26(23(29)31-19-11-9-18(10-12-19)16-30-7)14-13-21(27)20(15-17(2)3)25-22(28)32-24(4,5)6;1-14(2,3)17(5,6)16-13-9-7-12(8-10-13)11-15-4;1-13(2,3)16(4,5)15-12-8-6-11(10-14)7-9-12;1-2/h9-12,17,20H,8,13-16H2,1-7H3,(H,25,28);7-10H,11H2,1-6H3;6-9H,10H2,1-5H3;2H,1H3/t20-;;;/m1.../s1. The smallest absolute Gasteiger partial charge is 0.415 e. The van der Waals surface area contributed by atoms with Gasteiger partial charge in [0.15, 0.2) is 5.78 Å². The van der Waals surface area contributed by atoms with Crippen molar-refractivity contribution >= 4 is 50.5 Å². The molecule has 1 atom stereocenters. The molecular formula is C52H87BrN2O10Si2. The number of alkyl halides is 1. The Balaban J connectivity index is 0.00000105. The first-order chi connectivity index (χ1) is 31.0.